The zero-order chi connectivity index (χ0) is 11.8. The molecule has 0 spiro atoms. The van der Waals surface area contributed by atoms with E-state index < -0.39 is 11.8 Å². The van der Waals surface area contributed by atoms with Crippen molar-refractivity contribution in [3.63, 3.8) is 0 Å². The Morgan fingerprint density at radius 1 is 1.31 bits per heavy atom. The summed E-state index contributed by atoms with van der Waals surface area (Å²) in [5, 5.41) is 6.24. The average molecular weight is 230 g/mol. The van der Waals surface area contributed by atoms with Crippen LogP contribution in [0.25, 0.3) is 0 Å². The van der Waals surface area contributed by atoms with Gasteiger partial charge in [-0.05, 0) is 19.1 Å². The van der Waals surface area contributed by atoms with Gasteiger partial charge in [0, 0.05) is 5.56 Å². The fraction of sp³-hybridized carbons (Fsp3) is 0.400. The Kier molecular flexibility index (Phi) is 2.36. The normalized spacial score (nSPS) is 17.2. The molecule has 0 bridgehead atoms. The fourth-order valence-electron chi connectivity index (χ4n) is 1.41. The summed E-state index contributed by atoms with van der Waals surface area (Å²) >= 11 is 0. The summed E-state index contributed by atoms with van der Waals surface area (Å²) in [5.74, 6) is 0.390. The molecule has 0 aromatic heterocycles. The van der Waals surface area contributed by atoms with Crippen LogP contribution in [0.2, 0.25) is 0 Å². The van der Waals surface area contributed by atoms with Crippen LogP contribution in [0.5, 0.6) is 5.75 Å². The van der Waals surface area contributed by atoms with Gasteiger partial charge in [-0.2, -0.15) is 13.2 Å². The second kappa shape index (κ2) is 3.47. The molecule has 0 radical (unpaired) electrons. The van der Waals surface area contributed by atoms with E-state index in [0.717, 1.165) is 0 Å². The lowest BCUT2D eigenvalue weighted by Gasteiger charge is -2.15. The SMILES string of the molecule is CCOc1cccc(C2(C(F)(F)F)N=N2)c1. The summed E-state index contributed by atoms with van der Waals surface area (Å²) < 4.78 is 43.1. The quantitative estimate of drug-likeness (QED) is 0.784. The van der Waals surface area contributed by atoms with Crippen molar-refractivity contribution in [2.24, 2.45) is 10.2 Å². The van der Waals surface area contributed by atoms with E-state index in [9.17, 15) is 13.2 Å². The van der Waals surface area contributed by atoms with E-state index in [1.165, 1.54) is 18.2 Å². The lowest BCUT2D eigenvalue weighted by Crippen LogP contribution is -2.30. The van der Waals surface area contributed by atoms with Gasteiger partial charge in [0.05, 0.1) is 6.61 Å². The summed E-state index contributed by atoms with van der Waals surface area (Å²) in [6.45, 7) is 2.16. The van der Waals surface area contributed by atoms with E-state index >= 15 is 0 Å². The molecule has 1 aromatic carbocycles. The minimum Gasteiger partial charge on any atom is -0.494 e. The zero-order valence-electron chi connectivity index (χ0n) is 8.45. The van der Waals surface area contributed by atoms with Crippen LogP contribution in [0.4, 0.5) is 13.2 Å². The number of benzene rings is 1. The van der Waals surface area contributed by atoms with Gasteiger partial charge in [0.25, 0.3) is 0 Å². The Morgan fingerprint density at radius 2 is 2.00 bits per heavy atom. The van der Waals surface area contributed by atoms with Gasteiger partial charge < -0.3 is 4.74 Å². The predicted molar refractivity (Wildman–Crippen MR) is 50.2 cm³/mol. The molecule has 0 aliphatic carbocycles. The lowest BCUT2D eigenvalue weighted by atomic mass is 10.0. The molecule has 1 heterocycles. The van der Waals surface area contributed by atoms with Gasteiger partial charge in [0.1, 0.15) is 5.75 Å². The van der Waals surface area contributed by atoms with E-state index in [1.807, 2.05) is 0 Å². The highest BCUT2D eigenvalue weighted by molar-refractivity contribution is 5.36. The van der Waals surface area contributed by atoms with Gasteiger partial charge in [-0.25, -0.2) is 0 Å². The van der Waals surface area contributed by atoms with Gasteiger partial charge in [0.2, 0.25) is 0 Å². The average Bonchev–Trinajstić information content (AvgIpc) is 2.98. The lowest BCUT2D eigenvalue weighted by molar-refractivity contribution is -0.166. The first kappa shape index (κ1) is 10.9. The summed E-state index contributed by atoms with van der Waals surface area (Å²) in [6, 6.07) is 5.75. The second-order valence-corrected chi connectivity index (χ2v) is 3.33. The maximum atomic E-state index is 12.7. The third kappa shape index (κ3) is 1.64. The Morgan fingerprint density at radius 3 is 2.50 bits per heavy atom. The molecule has 0 saturated heterocycles. The van der Waals surface area contributed by atoms with Crippen LogP contribution in [0, 0.1) is 0 Å². The maximum absolute atomic E-state index is 12.7. The van der Waals surface area contributed by atoms with E-state index in [-0.39, 0.29) is 5.56 Å². The van der Waals surface area contributed by atoms with Gasteiger partial charge in [-0.3, -0.25) is 0 Å². The third-order valence-corrected chi connectivity index (χ3v) is 2.24. The molecular weight excluding hydrogens is 221 g/mol. The van der Waals surface area contributed by atoms with Crippen LogP contribution < -0.4 is 4.74 Å². The Bertz CT molecular complexity index is 422. The van der Waals surface area contributed by atoms with Crippen molar-refractivity contribution in [3.8, 4) is 5.75 Å². The minimum absolute atomic E-state index is 0.00838. The molecule has 1 aliphatic heterocycles. The Balaban J connectivity index is 2.31. The van der Waals surface area contributed by atoms with Crippen molar-refractivity contribution in [2.45, 2.75) is 18.8 Å². The number of halogens is 3. The molecule has 0 fully saturated rings. The van der Waals surface area contributed by atoms with E-state index in [4.69, 9.17) is 4.74 Å². The van der Waals surface area contributed by atoms with Gasteiger partial charge in [-0.1, -0.05) is 12.1 Å². The summed E-state index contributed by atoms with van der Waals surface area (Å²) in [6.07, 6.45) is -4.49. The largest absolute Gasteiger partial charge is 0.494 e. The summed E-state index contributed by atoms with van der Waals surface area (Å²) in [4.78, 5) is 0. The molecule has 6 heteroatoms. The highest BCUT2D eigenvalue weighted by Crippen LogP contribution is 2.52. The predicted octanol–water partition coefficient (Wildman–Crippen LogP) is 3.27. The van der Waals surface area contributed by atoms with Gasteiger partial charge in [0.15, 0.2) is 0 Å². The molecule has 86 valence electrons. The molecule has 2 rings (SSSR count). The van der Waals surface area contributed by atoms with Crippen LogP contribution in [0.3, 0.4) is 0 Å². The van der Waals surface area contributed by atoms with Crippen molar-refractivity contribution in [3.05, 3.63) is 29.8 Å². The van der Waals surface area contributed by atoms with Gasteiger partial charge >= 0.3 is 11.8 Å². The van der Waals surface area contributed by atoms with Crippen LogP contribution in [-0.2, 0) is 5.66 Å². The molecule has 16 heavy (non-hydrogen) atoms. The summed E-state index contributed by atoms with van der Waals surface area (Å²) in [5.41, 5.74) is -2.37. The van der Waals surface area contributed by atoms with Crippen LogP contribution in [0.1, 0.15) is 12.5 Å². The molecule has 0 atom stereocenters. The van der Waals surface area contributed by atoms with E-state index in [1.54, 1.807) is 13.0 Å². The first-order valence-electron chi connectivity index (χ1n) is 4.74. The van der Waals surface area contributed by atoms with Crippen LogP contribution in [0.15, 0.2) is 34.5 Å². The number of alkyl halides is 3. The molecule has 0 amide bonds. The smallest absolute Gasteiger partial charge is 0.442 e. The third-order valence-electron chi connectivity index (χ3n) is 2.24. The molecule has 1 aromatic rings. The second-order valence-electron chi connectivity index (χ2n) is 3.33. The molecule has 0 N–H and O–H groups in total. The molecule has 0 saturated carbocycles. The maximum Gasteiger partial charge on any atom is 0.442 e. The topological polar surface area (TPSA) is 34.0 Å². The van der Waals surface area contributed by atoms with Crippen molar-refractivity contribution < 1.29 is 17.9 Å². The summed E-state index contributed by atoms with van der Waals surface area (Å²) in [7, 11) is 0. The standard InChI is InChI=1S/C10H9F3N2O/c1-2-16-8-5-3-4-7(6-8)9(14-15-9)10(11,12)13/h3-6H,2H2,1H3. The molecule has 0 unspecified atom stereocenters. The Labute approximate surface area is 89.9 Å². The molecule has 1 aliphatic rings. The van der Waals surface area contributed by atoms with Crippen molar-refractivity contribution in [1.29, 1.82) is 0 Å². The van der Waals surface area contributed by atoms with E-state index in [2.05, 4.69) is 10.2 Å². The number of hydrogen-bond donors (Lipinski definition) is 0. The first-order chi connectivity index (χ1) is 7.49. The number of rotatable bonds is 3. The number of nitrogens with zero attached hydrogens (tertiary/aromatic N) is 2. The van der Waals surface area contributed by atoms with Crippen molar-refractivity contribution >= 4 is 0 Å². The number of hydrogen-bond acceptors (Lipinski definition) is 3. The van der Waals surface area contributed by atoms with Crippen molar-refractivity contribution in [1.82, 2.24) is 0 Å². The van der Waals surface area contributed by atoms with Crippen molar-refractivity contribution in [2.75, 3.05) is 6.61 Å². The van der Waals surface area contributed by atoms with Crippen LogP contribution >= 0.6 is 0 Å². The number of ether oxygens (including phenoxy) is 1. The van der Waals surface area contributed by atoms with E-state index in [0.29, 0.717) is 12.4 Å². The first-order valence-corrected chi connectivity index (χ1v) is 4.74. The highest BCUT2D eigenvalue weighted by Gasteiger charge is 2.65. The highest BCUT2D eigenvalue weighted by atomic mass is 19.4. The fourth-order valence-corrected chi connectivity index (χ4v) is 1.41. The molecular formula is C10H9F3N2O. The zero-order valence-corrected chi connectivity index (χ0v) is 8.45. The van der Waals surface area contributed by atoms with Gasteiger partial charge in [-0.15, -0.1) is 10.2 Å². The monoisotopic (exact) mass is 230 g/mol. The Hall–Kier alpha value is -1.59. The molecule has 3 nitrogen and oxygen atoms in total. The minimum atomic E-state index is -4.49. The van der Waals surface area contributed by atoms with Crippen LogP contribution in [-0.4, -0.2) is 12.8 Å².